The quantitative estimate of drug-likeness (QED) is 0.236. The molecule has 0 amide bonds. The molecule has 0 aliphatic rings. The van der Waals surface area contributed by atoms with Gasteiger partial charge in [0.1, 0.15) is 11.5 Å². The molecule has 8 nitrogen and oxygen atoms in total. The number of ether oxygens (including phenoxy) is 2. The number of hydrogen-bond acceptors (Lipinski definition) is 8. The minimum atomic E-state index is -0.147. The van der Waals surface area contributed by atoms with E-state index in [-0.39, 0.29) is 31.0 Å². The van der Waals surface area contributed by atoms with Gasteiger partial charge in [-0.1, -0.05) is 36.4 Å². The van der Waals surface area contributed by atoms with E-state index in [9.17, 15) is 0 Å². The molecule has 0 atom stereocenters. The molecule has 10 heteroatoms. The predicted molar refractivity (Wildman–Crippen MR) is 132 cm³/mol. The van der Waals surface area contributed by atoms with Crippen LogP contribution in [0.25, 0.3) is 0 Å². The van der Waals surface area contributed by atoms with Crippen molar-refractivity contribution in [3.63, 3.8) is 0 Å². The molecule has 2 rings (SSSR count). The Morgan fingerprint density at radius 3 is 2.27 bits per heavy atom. The van der Waals surface area contributed by atoms with Gasteiger partial charge in [0.2, 0.25) is 5.95 Å². The third kappa shape index (κ3) is 7.71. The van der Waals surface area contributed by atoms with Gasteiger partial charge in [0.15, 0.2) is 11.6 Å². The van der Waals surface area contributed by atoms with Crippen LogP contribution in [0, 0.1) is 0 Å². The van der Waals surface area contributed by atoms with Gasteiger partial charge >= 0.3 is 0 Å². The number of aliphatic hydroxyl groups is 2. The second-order valence-corrected chi connectivity index (χ2v) is 7.44. The highest BCUT2D eigenvalue weighted by Gasteiger charge is 2.16. The number of alkyl halides is 1. The molecule has 0 spiro atoms. The van der Waals surface area contributed by atoms with Gasteiger partial charge in [-0.2, -0.15) is 4.98 Å². The number of nitrogens with zero attached hydrogens (tertiary/aromatic N) is 2. The Hall–Kier alpha value is -1.37. The van der Waals surface area contributed by atoms with E-state index in [0.29, 0.717) is 30.3 Å². The maximum atomic E-state index is 9.11. The number of nitrogens with one attached hydrogen (secondary N) is 1. The first kappa shape index (κ1) is 26.7. The second kappa shape index (κ2) is 13.8. The number of aromatic nitrogens is 2. The average Bonchev–Trinajstić information content (AvgIpc) is 2.72. The van der Waals surface area contributed by atoms with Gasteiger partial charge in [0, 0.05) is 24.8 Å². The maximum Gasteiger partial charge on any atom is 0.225 e. The highest BCUT2D eigenvalue weighted by Crippen LogP contribution is 2.39. The molecule has 0 saturated heterocycles. The monoisotopic (exact) mass is 596 g/mol. The van der Waals surface area contributed by atoms with Gasteiger partial charge < -0.3 is 30.7 Å². The van der Waals surface area contributed by atoms with E-state index in [0.717, 1.165) is 15.8 Å². The summed E-state index contributed by atoms with van der Waals surface area (Å²) in [7, 11) is 1.61. The minimum Gasteiger partial charge on any atom is -0.496 e. The van der Waals surface area contributed by atoms with E-state index in [4.69, 9.17) is 25.4 Å². The van der Waals surface area contributed by atoms with E-state index in [1.807, 2.05) is 17.1 Å². The average molecular weight is 597 g/mol. The molecule has 1 heterocycles. The topological polar surface area (TPSA) is 123 Å². The Bertz CT molecular complexity index is 790. The molecule has 5 N–H and O–H groups in total. The Labute approximate surface area is 199 Å². The van der Waals surface area contributed by atoms with Crippen LogP contribution in [0.15, 0.2) is 22.8 Å². The zero-order valence-corrected chi connectivity index (χ0v) is 21.4. The molecule has 168 valence electrons. The Morgan fingerprint density at radius 1 is 1.13 bits per heavy atom. The fraction of sp³-hybridized carbons (Fsp3) is 0.500. The van der Waals surface area contributed by atoms with Crippen LogP contribution in [-0.4, -0.2) is 51.5 Å². The fourth-order valence-electron chi connectivity index (χ4n) is 2.68. The summed E-state index contributed by atoms with van der Waals surface area (Å²) in [6, 6.07) is 3.61. The van der Waals surface area contributed by atoms with Crippen LogP contribution in [0.4, 0.5) is 11.8 Å². The van der Waals surface area contributed by atoms with E-state index in [1.54, 1.807) is 7.11 Å². The van der Waals surface area contributed by atoms with E-state index < -0.39 is 0 Å². The predicted octanol–water partition coefficient (Wildman–Crippen LogP) is 4.34. The number of aliphatic hydroxyl groups excluding tert-OH is 2. The number of hydrogen-bond donors (Lipinski definition) is 4. The highest BCUT2D eigenvalue weighted by atomic mass is 127. The molecule has 0 unspecified atom stereocenters. The molecule has 1 aromatic heterocycles. The summed E-state index contributed by atoms with van der Waals surface area (Å²) in [6.07, 6.45) is 2.45. The number of methoxy groups -OCH3 is 1. The van der Waals surface area contributed by atoms with Gasteiger partial charge in [-0.15, -0.1) is 0 Å². The van der Waals surface area contributed by atoms with Crippen molar-refractivity contribution in [2.75, 3.05) is 36.3 Å². The molecule has 0 aliphatic carbocycles. The van der Waals surface area contributed by atoms with Crippen molar-refractivity contribution in [3.05, 3.63) is 28.4 Å². The summed E-state index contributed by atoms with van der Waals surface area (Å²) in [4.78, 5) is 10.4. The standard InChI is InChI=1S/C19H27BrN4O4.CH3I/c1-11(2)13-8-16(27-3)14(20)9-15(13)28-17-10-22-19(24-18(17)21)23-12(4-6-25)5-7-26;1-2/h8-12,25-26H,4-7H2,1-3H3,(H3,21,22,23,24);1H3. The highest BCUT2D eigenvalue weighted by molar-refractivity contribution is 14.1. The molecular formula is C20H30BrIN4O4. The lowest BCUT2D eigenvalue weighted by Crippen LogP contribution is -2.23. The van der Waals surface area contributed by atoms with Crippen LogP contribution < -0.4 is 20.5 Å². The normalized spacial score (nSPS) is 10.6. The van der Waals surface area contributed by atoms with E-state index in [2.05, 4.69) is 67.7 Å². The smallest absolute Gasteiger partial charge is 0.225 e. The van der Waals surface area contributed by atoms with Crippen LogP contribution in [0.3, 0.4) is 0 Å². The van der Waals surface area contributed by atoms with Crippen LogP contribution in [0.5, 0.6) is 17.2 Å². The molecule has 0 aliphatic heterocycles. The zero-order chi connectivity index (χ0) is 22.7. The summed E-state index contributed by atoms with van der Waals surface area (Å²) in [5.74, 6) is 2.40. The van der Waals surface area contributed by atoms with Crippen LogP contribution in [-0.2, 0) is 0 Å². The van der Waals surface area contributed by atoms with Crippen LogP contribution >= 0.6 is 38.5 Å². The number of benzene rings is 1. The zero-order valence-electron chi connectivity index (χ0n) is 17.7. The first-order chi connectivity index (χ1) is 14.4. The number of anilines is 2. The number of nitrogens with two attached hydrogens (primary N) is 1. The summed E-state index contributed by atoms with van der Waals surface area (Å²) in [5, 5.41) is 21.3. The molecular weight excluding hydrogens is 567 g/mol. The lowest BCUT2D eigenvalue weighted by molar-refractivity contribution is 0.247. The molecule has 0 saturated carbocycles. The molecule has 30 heavy (non-hydrogen) atoms. The first-order valence-electron chi connectivity index (χ1n) is 9.43. The van der Waals surface area contributed by atoms with E-state index >= 15 is 0 Å². The lowest BCUT2D eigenvalue weighted by Gasteiger charge is -2.18. The number of rotatable bonds is 10. The first-order valence-corrected chi connectivity index (χ1v) is 12.4. The van der Waals surface area contributed by atoms with Crippen LogP contribution in [0.1, 0.15) is 38.2 Å². The molecule has 1 aromatic carbocycles. The second-order valence-electron chi connectivity index (χ2n) is 6.59. The molecule has 0 fully saturated rings. The Morgan fingerprint density at radius 2 is 1.77 bits per heavy atom. The summed E-state index contributed by atoms with van der Waals surface area (Å²) >= 11 is 5.62. The summed E-state index contributed by atoms with van der Waals surface area (Å²) in [6.45, 7) is 4.12. The fourth-order valence-corrected chi connectivity index (χ4v) is 3.16. The molecule has 0 radical (unpaired) electrons. The van der Waals surface area contributed by atoms with Gasteiger partial charge in [-0.3, -0.25) is 0 Å². The Kier molecular flexibility index (Phi) is 12.3. The SMILES string of the molecule is CI.COc1cc(C(C)C)c(Oc2cnc(NC(CCO)CCO)nc2N)cc1Br. The lowest BCUT2D eigenvalue weighted by atomic mass is 10.0. The minimum absolute atomic E-state index is 0.00132. The van der Waals surface area contributed by atoms with Crippen molar-refractivity contribution in [1.29, 1.82) is 0 Å². The molecule has 0 bridgehead atoms. The van der Waals surface area contributed by atoms with Crippen molar-refractivity contribution in [1.82, 2.24) is 9.97 Å². The summed E-state index contributed by atoms with van der Waals surface area (Å²) < 4.78 is 12.1. The van der Waals surface area contributed by atoms with Crippen LogP contribution in [0.2, 0.25) is 0 Å². The summed E-state index contributed by atoms with van der Waals surface area (Å²) in [5.41, 5.74) is 7.03. The van der Waals surface area contributed by atoms with Gasteiger partial charge in [0.05, 0.1) is 17.8 Å². The van der Waals surface area contributed by atoms with Crippen molar-refractivity contribution in [3.8, 4) is 17.2 Å². The number of halogens is 2. The molecule has 2 aromatic rings. The maximum absolute atomic E-state index is 9.11. The third-order valence-electron chi connectivity index (χ3n) is 4.20. The van der Waals surface area contributed by atoms with Crippen molar-refractivity contribution < 1.29 is 19.7 Å². The third-order valence-corrected chi connectivity index (χ3v) is 4.82. The Balaban J connectivity index is 0.00000218. The largest absolute Gasteiger partial charge is 0.496 e. The van der Waals surface area contributed by atoms with Crippen molar-refractivity contribution in [2.45, 2.75) is 38.6 Å². The number of nitrogen functional groups attached to an aromatic ring is 1. The van der Waals surface area contributed by atoms with Crippen molar-refractivity contribution >= 4 is 50.3 Å². The van der Waals surface area contributed by atoms with Gasteiger partial charge in [-0.25, -0.2) is 4.98 Å². The van der Waals surface area contributed by atoms with Crippen molar-refractivity contribution in [2.24, 2.45) is 0 Å². The van der Waals surface area contributed by atoms with E-state index in [1.165, 1.54) is 6.20 Å². The van der Waals surface area contributed by atoms with Gasteiger partial charge in [0.25, 0.3) is 0 Å². The van der Waals surface area contributed by atoms with Gasteiger partial charge in [-0.05, 0) is 51.8 Å².